The van der Waals surface area contributed by atoms with E-state index in [1.54, 1.807) is 0 Å². The van der Waals surface area contributed by atoms with Gasteiger partial charge in [0.1, 0.15) is 0 Å². The van der Waals surface area contributed by atoms with Crippen LogP contribution in [0.4, 0.5) is 0 Å². The first-order chi connectivity index (χ1) is 9.09. The van der Waals surface area contributed by atoms with E-state index in [9.17, 15) is 0 Å². The highest BCUT2D eigenvalue weighted by molar-refractivity contribution is 4.91. The fourth-order valence-corrected chi connectivity index (χ4v) is 2.92. The van der Waals surface area contributed by atoms with Gasteiger partial charge >= 0.3 is 0 Å². The zero-order valence-corrected chi connectivity index (χ0v) is 15.4. The second-order valence-electron chi connectivity index (χ2n) is 8.28. The third-order valence-corrected chi connectivity index (χ3v) is 4.14. The molecule has 0 aliphatic rings. The van der Waals surface area contributed by atoms with E-state index in [1.807, 2.05) is 0 Å². The average Bonchev–Trinajstić information content (AvgIpc) is 2.29. The Morgan fingerprint density at radius 1 is 0.900 bits per heavy atom. The Kier molecular flexibility index (Phi) is 9.01. The zero-order chi connectivity index (χ0) is 15.9. The third-order valence-electron chi connectivity index (χ3n) is 4.14. The van der Waals surface area contributed by atoms with Crippen LogP contribution in [-0.4, -0.2) is 30.1 Å². The van der Waals surface area contributed by atoms with Gasteiger partial charge in [0.25, 0.3) is 0 Å². The average molecular weight is 285 g/mol. The molecule has 0 rings (SSSR count). The predicted octanol–water partition coefficient (Wildman–Crippen LogP) is 4.53. The van der Waals surface area contributed by atoms with Crippen molar-refractivity contribution in [3.63, 3.8) is 0 Å². The van der Waals surface area contributed by atoms with Crippen molar-refractivity contribution in [2.24, 2.45) is 23.0 Å². The minimum Gasteiger partial charge on any atom is -0.326 e. The quantitative estimate of drug-likeness (QED) is 0.674. The molecule has 2 N–H and O–H groups in total. The van der Waals surface area contributed by atoms with Gasteiger partial charge in [0.2, 0.25) is 0 Å². The molecular weight excluding hydrogens is 244 g/mol. The lowest BCUT2D eigenvalue weighted by Crippen LogP contribution is -2.55. The molecule has 122 valence electrons. The summed E-state index contributed by atoms with van der Waals surface area (Å²) in [5, 5.41) is 0. The summed E-state index contributed by atoms with van der Waals surface area (Å²) in [6.07, 6.45) is 3.59. The molecule has 0 aliphatic carbocycles. The fraction of sp³-hybridized carbons (Fsp3) is 1.00. The van der Waals surface area contributed by atoms with Gasteiger partial charge in [0.15, 0.2) is 0 Å². The summed E-state index contributed by atoms with van der Waals surface area (Å²) in [6, 6.07) is 0.749. The van der Waals surface area contributed by atoms with Crippen LogP contribution in [0, 0.1) is 17.3 Å². The summed E-state index contributed by atoms with van der Waals surface area (Å²) in [4.78, 5) is 2.67. The Morgan fingerprint density at radius 2 is 1.30 bits per heavy atom. The number of rotatable bonds is 9. The van der Waals surface area contributed by atoms with Gasteiger partial charge in [-0.2, -0.15) is 0 Å². The molecule has 0 aromatic rings. The molecule has 0 radical (unpaired) electrons. The van der Waals surface area contributed by atoms with Gasteiger partial charge in [-0.25, -0.2) is 0 Å². The van der Waals surface area contributed by atoms with Crippen LogP contribution in [0.25, 0.3) is 0 Å². The van der Waals surface area contributed by atoms with Crippen LogP contribution in [-0.2, 0) is 0 Å². The minimum absolute atomic E-state index is 0.239. The highest BCUT2D eigenvalue weighted by atomic mass is 15.2. The van der Waals surface area contributed by atoms with Crippen LogP contribution in [0.5, 0.6) is 0 Å². The Balaban J connectivity index is 4.97. The molecule has 0 spiro atoms. The van der Waals surface area contributed by atoms with E-state index < -0.39 is 0 Å². The van der Waals surface area contributed by atoms with Crippen LogP contribution in [0.15, 0.2) is 0 Å². The summed E-state index contributed by atoms with van der Waals surface area (Å²) in [5.41, 5.74) is 6.71. The smallest absolute Gasteiger partial charge is 0.0295 e. The van der Waals surface area contributed by atoms with Crippen molar-refractivity contribution in [1.29, 1.82) is 0 Å². The Bertz CT molecular complexity index is 228. The van der Waals surface area contributed by atoms with Crippen molar-refractivity contribution < 1.29 is 0 Å². The summed E-state index contributed by atoms with van der Waals surface area (Å²) >= 11 is 0. The van der Waals surface area contributed by atoms with Gasteiger partial charge in [0, 0.05) is 12.1 Å². The molecule has 0 saturated carbocycles. The Morgan fingerprint density at radius 3 is 1.55 bits per heavy atom. The number of hydrogen-bond acceptors (Lipinski definition) is 2. The first-order valence-corrected chi connectivity index (χ1v) is 8.59. The van der Waals surface area contributed by atoms with Crippen molar-refractivity contribution in [1.82, 2.24) is 4.90 Å². The number of nitrogens with two attached hydrogens (primary N) is 1. The van der Waals surface area contributed by atoms with Gasteiger partial charge < -0.3 is 5.73 Å². The maximum absolute atomic E-state index is 6.48. The summed E-state index contributed by atoms with van der Waals surface area (Å²) in [6.45, 7) is 20.8. The van der Waals surface area contributed by atoms with Crippen molar-refractivity contribution >= 4 is 0 Å². The normalized spacial score (nSPS) is 16.2. The molecule has 0 aliphatic heterocycles. The van der Waals surface area contributed by atoms with Gasteiger partial charge in [-0.05, 0) is 49.6 Å². The fourth-order valence-electron chi connectivity index (χ4n) is 2.92. The zero-order valence-electron chi connectivity index (χ0n) is 15.4. The lowest BCUT2D eigenvalue weighted by molar-refractivity contribution is 0.0678. The lowest BCUT2D eigenvalue weighted by Gasteiger charge is -2.44. The van der Waals surface area contributed by atoms with Crippen LogP contribution >= 0.6 is 0 Å². The van der Waals surface area contributed by atoms with E-state index in [0.29, 0.717) is 6.04 Å². The van der Waals surface area contributed by atoms with E-state index in [2.05, 4.69) is 60.3 Å². The molecule has 0 amide bonds. The van der Waals surface area contributed by atoms with E-state index in [0.717, 1.165) is 18.3 Å². The van der Waals surface area contributed by atoms with Crippen molar-refractivity contribution in [2.75, 3.05) is 13.1 Å². The molecular formula is C18H40N2. The maximum atomic E-state index is 6.48. The van der Waals surface area contributed by atoms with Crippen LogP contribution in [0.2, 0.25) is 0 Å². The first kappa shape index (κ1) is 19.9. The monoisotopic (exact) mass is 284 g/mol. The molecule has 0 fully saturated rings. The van der Waals surface area contributed by atoms with E-state index in [-0.39, 0.29) is 11.5 Å². The minimum atomic E-state index is 0.239. The molecule has 0 saturated heterocycles. The number of nitrogens with zero attached hydrogens (tertiary/aromatic N) is 1. The molecule has 0 aromatic heterocycles. The van der Waals surface area contributed by atoms with E-state index in [1.165, 1.54) is 25.9 Å². The molecule has 2 heteroatoms. The van der Waals surface area contributed by atoms with Crippen LogP contribution < -0.4 is 5.73 Å². The van der Waals surface area contributed by atoms with Crippen molar-refractivity contribution in [2.45, 2.75) is 86.7 Å². The Labute approximate surface area is 128 Å². The van der Waals surface area contributed by atoms with Gasteiger partial charge in [0.05, 0.1) is 0 Å². The van der Waals surface area contributed by atoms with Crippen molar-refractivity contribution in [3.05, 3.63) is 0 Å². The standard InChI is InChI=1S/C18H40N2/c1-9-16(19)17(18(6,7)8)20(12-10-14(2)3)13-11-15(4)5/h14-17H,9-13,19H2,1-8H3. The number of hydrogen-bond donors (Lipinski definition) is 1. The SMILES string of the molecule is CCC(N)C(N(CCC(C)C)CCC(C)C)C(C)(C)C. The highest BCUT2D eigenvalue weighted by Gasteiger charge is 2.34. The molecule has 2 nitrogen and oxygen atoms in total. The second kappa shape index (κ2) is 9.04. The molecule has 0 bridgehead atoms. The summed E-state index contributed by atoms with van der Waals surface area (Å²) in [7, 11) is 0. The first-order valence-electron chi connectivity index (χ1n) is 8.59. The van der Waals surface area contributed by atoms with Gasteiger partial charge in [-0.1, -0.05) is 55.4 Å². The largest absolute Gasteiger partial charge is 0.326 e. The summed E-state index contributed by atoms with van der Waals surface area (Å²) < 4.78 is 0. The van der Waals surface area contributed by atoms with E-state index in [4.69, 9.17) is 5.73 Å². The molecule has 0 heterocycles. The van der Waals surface area contributed by atoms with Crippen molar-refractivity contribution in [3.8, 4) is 0 Å². The second-order valence-corrected chi connectivity index (χ2v) is 8.28. The third kappa shape index (κ3) is 7.64. The predicted molar refractivity (Wildman–Crippen MR) is 92.0 cm³/mol. The highest BCUT2D eigenvalue weighted by Crippen LogP contribution is 2.28. The molecule has 2 atom stereocenters. The Hall–Kier alpha value is -0.0800. The summed E-state index contributed by atoms with van der Waals surface area (Å²) in [5.74, 6) is 1.52. The molecule has 2 unspecified atom stereocenters. The molecule has 20 heavy (non-hydrogen) atoms. The van der Waals surface area contributed by atoms with Crippen LogP contribution in [0.3, 0.4) is 0 Å². The van der Waals surface area contributed by atoms with Crippen LogP contribution in [0.1, 0.15) is 74.7 Å². The van der Waals surface area contributed by atoms with E-state index >= 15 is 0 Å². The molecule has 0 aromatic carbocycles. The lowest BCUT2D eigenvalue weighted by atomic mass is 9.80. The van der Waals surface area contributed by atoms with Gasteiger partial charge in [-0.15, -0.1) is 0 Å². The topological polar surface area (TPSA) is 29.3 Å². The maximum Gasteiger partial charge on any atom is 0.0295 e. The van der Waals surface area contributed by atoms with Gasteiger partial charge in [-0.3, -0.25) is 4.90 Å².